The standard InChI is InChI=1S/C23H33BrClN5O2/c1-23(2,3)32-22(31)28(6)8-10-30-12-11-29(9-7-27(4)5)20-15-26-19-14-17(24)18(25)13-16(19)21(20)30/h13-15H,7-12H2,1-6H3. The first-order valence-corrected chi connectivity index (χ1v) is 12.0. The molecule has 2 aromatic rings. The number of likely N-dealkylation sites (N-methyl/N-ethyl adjacent to an activating group) is 2. The molecular weight excluding hydrogens is 494 g/mol. The number of fused-ring (bicyclic) bond motifs is 3. The minimum Gasteiger partial charge on any atom is -0.444 e. The van der Waals surface area contributed by atoms with Crippen molar-refractivity contribution in [2.75, 3.05) is 70.2 Å². The van der Waals surface area contributed by atoms with E-state index in [-0.39, 0.29) is 6.09 Å². The second kappa shape index (κ2) is 10.0. The van der Waals surface area contributed by atoms with E-state index in [0.717, 1.165) is 52.9 Å². The summed E-state index contributed by atoms with van der Waals surface area (Å²) in [6.45, 7) is 10.5. The Bertz CT molecular complexity index is 979. The van der Waals surface area contributed by atoms with Gasteiger partial charge in [0.1, 0.15) is 5.60 Å². The summed E-state index contributed by atoms with van der Waals surface area (Å²) < 4.78 is 6.33. The highest BCUT2D eigenvalue weighted by Crippen LogP contribution is 2.40. The Balaban J connectivity index is 1.90. The van der Waals surface area contributed by atoms with E-state index in [4.69, 9.17) is 21.3 Å². The van der Waals surface area contributed by atoms with Gasteiger partial charge in [0.2, 0.25) is 0 Å². The zero-order chi connectivity index (χ0) is 23.6. The Morgan fingerprint density at radius 1 is 1.16 bits per heavy atom. The van der Waals surface area contributed by atoms with Crippen molar-refractivity contribution in [2.45, 2.75) is 26.4 Å². The van der Waals surface area contributed by atoms with Gasteiger partial charge in [-0.15, -0.1) is 0 Å². The van der Waals surface area contributed by atoms with E-state index in [1.165, 1.54) is 0 Å². The van der Waals surface area contributed by atoms with E-state index >= 15 is 0 Å². The molecule has 2 heterocycles. The van der Waals surface area contributed by atoms with Crippen LogP contribution in [0.25, 0.3) is 10.9 Å². The predicted molar refractivity (Wildman–Crippen MR) is 136 cm³/mol. The molecule has 3 rings (SSSR count). The van der Waals surface area contributed by atoms with Gasteiger partial charge in [-0.3, -0.25) is 4.98 Å². The third-order valence-corrected chi connectivity index (χ3v) is 6.58. The van der Waals surface area contributed by atoms with Crippen LogP contribution in [0.5, 0.6) is 0 Å². The van der Waals surface area contributed by atoms with Crippen LogP contribution in [0.3, 0.4) is 0 Å². The molecule has 1 aromatic heterocycles. The zero-order valence-electron chi connectivity index (χ0n) is 19.8. The summed E-state index contributed by atoms with van der Waals surface area (Å²) in [4.78, 5) is 25.7. The number of carbonyl (C=O) groups is 1. The highest BCUT2D eigenvalue weighted by atomic mass is 79.9. The second-order valence-corrected chi connectivity index (χ2v) is 10.7. The number of ether oxygens (including phenoxy) is 1. The van der Waals surface area contributed by atoms with E-state index in [9.17, 15) is 4.79 Å². The van der Waals surface area contributed by atoms with Gasteiger partial charge in [0.25, 0.3) is 0 Å². The van der Waals surface area contributed by atoms with E-state index in [1.54, 1.807) is 11.9 Å². The highest BCUT2D eigenvalue weighted by molar-refractivity contribution is 9.10. The van der Waals surface area contributed by atoms with Crippen LogP contribution in [0.4, 0.5) is 16.2 Å². The molecule has 9 heteroatoms. The quantitative estimate of drug-likeness (QED) is 0.544. The SMILES string of the molecule is CN(C)CCN1CCN(CCN(C)C(=O)OC(C)(C)C)c2c1cnc1cc(Br)c(Cl)cc21. The van der Waals surface area contributed by atoms with Gasteiger partial charge in [-0.1, -0.05) is 11.6 Å². The maximum Gasteiger partial charge on any atom is 0.410 e. The molecule has 7 nitrogen and oxygen atoms in total. The van der Waals surface area contributed by atoms with Crippen molar-refractivity contribution in [1.29, 1.82) is 0 Å². The van der Waals surface area contributed by atoms with Gasteiger partial charge in [0, 0.05) is 56.2 Å². The fourth-order valence-corrected chi connectivity index (χ4v) is 4.17. The first-order valence-electron chi connectivity index (χ1n) is 10.8. The summed E-state index contributed by atoms with van der Waals surface area (Å²) in [5.41, 5.74) is 2.60. The number of anilines is 2. The number of nitrogens with zero attached hydrogens (tertiary/aromatic N) is 5. The number of pyridine rings is 1. The second-order valence-electron chi connectivity index (χ2n) is 9.45. The van der Waals surface area contributed by atoms with Crippen molar-refractivity contribution in [3.63, 3.8) is 0 Å². The molecule has 0 N–H and O–H groups in total. The number of carbonyl (C=O) groups excluding carboxylic acids is 1. The van der Waals surface area contributed by atoms with Crippen molar-refractivity contribution >= 4 is 55.9 Å². The number of rotatable bonds is 6. The van der Waals surface area contributed by atoms with Crippen LogP contribution in [-0.2, 0) is 4.74 Å². The summed E-state index contributed by atoms with van der Waals surface area (Å²) in [7, 11) is 5.94. The average Bonchev–Trinajstić information content (AvgIpc) is 2.70. The van der Waals surface area contributed by atoms with Crippen LogP contribution in [-0.4, -0.2) is 86.9 Å². The molecule has 0 spiro atoms. The molecule has 0 bridgehead atoms. The van der Waals surface area contributed by atoms with Crippen molar-refractivity contribution < 1.29 is 9.53 Å². The lowest BCUT2D eigenvalue weighted by Gasteiger charge is -2.40. The average molecular weight is 527 g/mol. The fourth-order valence-electron chi connectivity index (χ4n) is 3.68. The monoisotopic (exact) mass is 525 g/mol. The van der Waals surface area contributed by atoms with Gasteiger partial charge >= 0.3 is 6.09 Å². The number of aromatic nitrogens is 1. The Labute approximate surface area is 204 Å². The van der Waals surface area contributed by atoms with Gasteiger partial charge in [-0.25, -0.2) is 4.79 Å². The molecule has 0 saturated heterocycles. The van der Waals surface area contributed by atoms with E-state index in [1.807, 2.05) is 39.1 Å². The third-order valence-electron chi connectivity index (χ3n) is 5.39. The highest BCUT2D eigenvalue weighted by Gasteiger charge is 2.27. The molecule has 0 atom stereocenters. The van der Waals surface area contributed by atoms with E-state index in [0.29, 0.717) is 18.1 Å². The van der Waals surface area contributed by atoms with Gasteiger partial charge in [0.05, 0.1) is 28.1 Å². The molecule has 176 valence electrons. The first-order chi connectivity index (χ1) is 15.0. The topological polar surface area (TPSA) is 52.2 Å². The summed E-state index contributed by atoms with van der Waals surface area (Å²) in [5.74, 6) is 0. The number of amides is 1. The van der Waals surface area contributed by atoms with Gasteiger partial charge in [-0.05, 0) is 62.9 Å². The maximum absolute atomic E-state index is 12.4. The largest absolute Gasteiger partial charge is 0.444 e. The molecular formula is C23H33BrClN5O2. The Morgan fingerprint density at radius 2 is 1.81 bits per heavy atom. The van der Waals surface area contributed by atoms with Crippen LogP contribution in [0.1, 0.15) is 20.8 Å². The Hall–Kier alpha value is -1.77. The molecule has 0 unspecified atom stereocenters. The van der Waals surface area contributed by atoms with Gasteiger partial charge < -0.3 is 24.3 Å². The van der Waals surface area contributed by atoms with Crippen LogP contribution >= 0.6 is 27.5 Å². The van der Waals surface area contributed by atoms with Crippen molar-refractivity contribution in [1.82, 2.24) is 14.8 Å². The molecule has 1 aliphatic heterocycles. The summed E-state index contributed by atoms with van der Waals surface area (Å²) in [6.07, 6.45) is 1.64. The molecule has 0 fully saturated rings. The van der Waals surface area contributed by atoms with Gasteiger partial charge in [0.15, 0.2) is 0 Å². The predicted octanol–water partition coefficient (Wildman–Crippen LogP) is 4.71. The number of hydrogen-bond acceptors (Lipinski definition) is 6. The molecule has 1 amide bonds. The van der Waals surface area contributed by atoms with Crippen LogP contribution in [0.2, 0.25) is 5.02 Å². The minimum atomic E-state index is -0.512. The zero-order valence-corrected chi connectivity index (χ0v) is 22.1. The maximum atomic E-state index is 12.4. The van der Waals surface area contributed by atoms with Gasteiger partial charge in [-0.2, -0.15) is 0 Å². The lowest BCUT2D eigenvalue weighted by atomic mass is 10.1. The molecule has 1 aliphatic rings. The Kier molecular flexibility index (Phi) is 7.78. The fraction of sp³-hybridized carbons (Fsp3) is 0.565. The Morgan fingerprint density at radius 3 is 2.47 bits per heavy atom. The lowest BCUT2D eigenvalue weighted by molar-refractivity contribution is 0.0303. The third kappa shape index (κ3) is 5.97. The molecule has 32 heavy (non-hydrogen) atoms. The lowest BCUT2D eigenvalue weighted by Crippen LogP contribution is -2.46. The smallest absolute Gasteiger partial charge is 0.410 e. The van der Waals surface area contributed by atoms with Crippen molar-refractivity contribution in [2.24, 2.45) is 0 Å². The van der Waals surface area contributed by atoms with E-state index < -0.39 is 5.60 Å². The molecule has 0 radical (unpaired) electrons. The number of hydrogen-bond donors (Lipinski definition) is 0. The molecule has 0 aliphatic carbocycles. The summed E-state index contributed by atoms with van der Waals surface area (Å²) in [5, 5.41) is 1.68. The first kappa shape index (κ1) is 24.9. The summed E-state index contributed by atoms with van der Waals surface area (Å²) >= 11 is 9.97. The van der Waals surface area contributed by atoms with Crippen molar-refractivity contribution in [3.05, 3.63) is 27.8 Å². The van der Waals surface area contributed by atoms with Crippen LogP contribution in [0, 0.1) is 0 Å². The number of halogens is 2. The van der Waals surface area contributed by atoms with E-state index in [2.05, 4.69) is 44.7 Å². The minimum absolute atomic E-state index is 0.311. The molecule has 1 aromatic carbocycles. The van der Waals surface area contributed by atoms with Crippen LogP contribution < -0.4 is 9.80 Å². The van der Waals surface area contributed by atoms with Crippen molar-refractivity contribution in [3.8, 4) is 0 Å². The summed E-state index contributed by atoms with van der Waals surface area (Å²) in [6, 6.07) is 3.94. The number of benzene rings is 1. The normalized spacial score (nSPS) is 14.2. The van der Waals surface area contributed by atoms with Crippen LogP contribution in [0.15, 0.2) is 22.8 Å². The molecule has 0 saturated carbocycles.